The van der Waals surface area contributed by atoms with E-state index >= 15 is 4.39 Å². The van der Waals surface area contributed by atoms with Crippen LogP contribution in [0.2, 0.25) is 0 Å². The van der Waals surface area contributed by atoms with E-state index in [-0.39, 0.29) is 5.56 Å². The molecule has 1 atom stereocenters. The summed E-state index contributed by atoms with van der Waals surface area (Å²) in [7, 11) is 6.04. The third-order valence-corrected chi connectivity index (χ3v) is 9.04. The second-order valence-electron chi connectivity index (χ2n) is 13.4. The van der Waals surface area contributed by atoms with Gasteiger partial charge in [0.05, 0.1) is 40.8 Å². The second-order valence-corrected chi connectivity index (χ2v) is 13.4. The lowest BCUT2D eigenvalue weighted by Crippen LogP contribution is -2.31. The van der Waals surface area contributed by atoms with Crippen molar-refractivity contribution in [2.24, 2.45) is 7.05 Å². The zero-order valence-electron chi connectivity index (χ0n) is 28.7. The van der Waals surface area contributed by atoms with Crippen molar-refractivity contribution < 1.29 is 9.18 Å². The molecule has 1 amide bonds. The van der Waals surface area contributed by atoms with Crippen LogP contribution in [-0.2, 0) is 19.0 Å². The molecule has 49 heavy (non-hydrogen) atoms. The van der Waals surface area contributed by atoms with Gasteiger partial charge in [-0.1, -0.05) is 12.0 Å². The summed E-state index contributed by atoms with van der Waals surface area (Å²) in [5.74, 6) is 5.05. The molecule has 0 spiro atoms. The number of hydrogen-bond acceptors (Lipinski definition) is 7. The van der Waals surface area contributed by atoms with Crippen LogP contribution in [0, 0.1) is 35.9 Å². The van der Waals surface area contributed by atoms with Gasteiger partial charge in [0, 0.05) is 56.4 Å². The third-order valence-electron chi connectivity index (χ3n) is 9.04. The highest BCUT2D eigenvalue weighted by molar-refractivity contribution is 6.05. The van der Waals surface area contributed by atoms with Crippen LogP contribution in [-0.4, -0.2) is 68.1 Å². The molecule has 0 saturated carbocycles. The average molecular weight is 658 g/mol. The zero-order chi connectivity index (χ0) is 34.9. The molecule has 1 fully saturated rings. The molecular weight excluding hydrogens is 617 g/mol. The van der Waals surface area contributed by atoms with Crippen LogP contribution in [0.15, 0.2) is 67.3 Å². The van der Waals surface area contributed by atoms with E-state index in [1.165, 1.54) is 12.1 Å². The van der Waals surface area contributed by atoms with E-state index < -0.39 is 17.1 Å². The first-order chi connectivity index (χ1) is 23.4. The molecule has 0 aliphatic carbocycles. The summed E-state index contributed by atoms with van der Waals surface area (Å²) in [5, 5.41) is 20.3. The monoisotopic (exact) mass is 657 g/mol. The summed E-state index contributed by atoms with van der Waals surface area (Å²) in [5.41, 5.74) is 5.48. The Kier molecular flexibility index (Phi) is 9.24. The summed E-state index contributed by atoms with van der Waals surface area (Å²) in [6, 6.07) is 15.2. The second kappa shape index (κ2) is 13.6. The number of likely N-dealkylation sites (N-methyl/N-ethyl adjacent to an activating group) is 1. The maximum absolute atomic E-state index is 15.3. The van der Waals surface area contributed by atoms with Crippen LogP contribution in [0.4, 0.5) is 21.5 Å². The fourth-order valence-electron chi connectivity index (χ4n) is 6.07. The van der Waals surface area contributed by atoms with E-state index in [1.54, 1.807) is 30.1 Å². The lowest BCUT2D eigenvalue weighted by molar-refractivity contribution is 0.102. The van der Waals surface area contributed by atoms with Gasteiger partial charge in [-0.05, 0) is 100 Å². The van der Waals surface area contributed by atoms with E-state index in [2.05, 4.69) is 62.5 Å². The number of halogens is 1. The van der Waals surface area contributed by atoms with Crippen molar-refractivity contribution in [3.8, 4) is 17.9 Å². The molecular formula is C38H40FN9O. The summed E-state index contributed by atoms with van der Waals surface area (Å²) >= 11 is 0. The van der Waals surface area contributed by atoms with Crippen LogP contribution >= 0.6 is 0 Å². The van der Waals surface area contributed by atoms with Crippen molar-refractivity contribution in [2.45, 2.75) is 45.2 Å². The smallest absolute Gasteiger partial charge is 0.258 e. The van der Waals surface area contributed by atoms with Crippen LogP contribution in [0.3, 0.4) is 0 Å². The number of rotatable bonds is 8. The van der Waals surface area contributed by atoms with Crippen molar-refractivity contribution in [3.05, 3.63) is 107 Å². The topological polar surface area (TPSA) is 107 Å². The molecule has 4 heterocycles. The number of hydrogen-bond donors (Lipinski definition) is 2. The van der Waals surface area contributed by atoms with Crippen molar-refractivity contribution in [3.63, 3.8) is 0 Å². The van der Waals surface area contributed by atoms with Crippen molar-refractivity contribution in [2.75, 3.05) is 37.8 Å². The molecule has 1 aliphatic heterocycles. The van der Waals surface area contributed by atoms with Gasteiger partial charge in [0.2, 0.25) is 0 Å². The molecule has 3 aromatic heterocycles. The first-order valence-corrected chi connectivity index (χ1v) is 16.2. The number of imidazole rings is 1. The Balaban J connectivity index is 1.26. The van der Waals surface area contributed by atoms with E-state index in [1.807, 2.05) is 62.0 Å². The standard InChI is InChI=1S/C38H40FN9O/c1-25-14-34(39)33(17-27(25)9-10-31-20-41-36-35(8-7-12-48(31)36)43-30-19-42-46(6)22-30)37(49)44-29-16-26(15-28(18-29)38(2,3)24-40)21-47-13-11-32(23-47)45(4)5/h7-8,12,14-20,22,32,43H,11,13,21,23H2,1-6H3,(H,44,49). The molecule has 1 unspecified atom stereocenters. The molecule has 2 N–H and O–H groups in total. The number of carbonyl (C=O) groups excluding carboxylic acids is 1. The molecule has 11 heteroatoms. The quantitative estimate of drug-likeness (QED) is 0.202. The Morgan fingerprint density at radius 2 is 1.96 bits per heavy atom. The van der Waals surface area contributed by atoms with Crippen LogP contribution in [0.1, 0.15) is 58.6 Å². The first kappa shape index (κ1) is 33.4. The van der Waals surface area contributed by atoms with Gasteiger partial charge in [-0.25, -0.2) is 9.37 Å². The third kappa shape index (κ3) is 7.34. The van der Waals surface area contributed by atoms with Crippen LogP contribution < -0.4 is 10.6 Å². The lowest BCUT2D eigenvalue weighted by Gasteiger charge is -2.23. The predicted octanol–water partition coefficient (Wildman–Crippen LogP) is 5.85. The highest BCUT2D eigenvalue weighted by Gasteiger charge is 2.26. The SMILES string of the molecule is Cc1cc(F)c(C(=O)Nc2cc(CN3CCC(N(C)C)C3)cc(C(C)(C)C#N)c2)cc1C#Cc1cnc2c(Nc3cnn(C)c3)cccn12. The number of aryl methyl sites for hydroxylation is 2. The predicted molar refractivity (Wildman–Crippen MR) is 189 cm³/mol. The number of likely N-dealkylation sites (tertiary alicyclic amines) is 1. The van der Waals surface area contributed by atoms with Crippen molar-refractivity contribution in [1.82, 2.24) is 29.0 Å². The molecule has 10 nitrogen and oxygen atoms in total. The maximum Gasteiger partial charge on any atom is 0.258 e. The molecule has 0 radical (unpaired) electrons. The number of pyridine rings is 1. The normalized spacial score (nSPS) is 14.9. The maximum atomic E-state index is 15.3. The van der Waals surface area contributed by atoms with Gasteiger partial charge in [-0.2, -0.15) is 10.4 Å². The number of fused-ring (bicyclic) bond motifs is 1. The van der Waals surface area contributed by atoms with Gasteiger partial charge in [-0.3, -0.25) is 18.8 Å². The van der Waals surface area contributed by atoms with Gasteiger partial charge < -0.3 is 15.5 Å². The zero-order valence-corrected chi connectivity index (χ0v) is 28.7. The number of nitrogens with one attached hydrogen (secondary N) is 2. The van der Waals surface area contributed by atoms with Gasteiger partial charge in [0.15, 0.2) is 5.65 Å². The van der Waals surface area contributed by atoms with Gasteiger partial charge >= 0.3 is 0 Å². The molecule has 6 rings (SSSR count). The number of nitriles is 1. The molecule has 1 saturated heterocycles. The number of aromatic nitrogens is 4. The summed E-state index contributed by atoms with van der Waals surface area (Å²) in [6.07, 6.45) is 8.24. The number of anilines is 3. The number of benzene rings is 2. The van der Waals surface area contributed by atoms with Crippen molar-refractivity contribution >= 4 is 28.6 Å². The minimum absolute atomic E-state index is 0.115. The van der Waals surface area contributed by atoms with Crippen LogP contribution in [0.25, 0.3) is 5.65 Å². The number of amides is 1. The number of carbonyl (C=O) groups is 1. The Morgan fingerprint density at radius 3 is 2.67 bits per heavy atom. The van der Waals surface area contributed by atoms with E-state index in [9.17, 15) is 10.1 Å². The Morgan fingerprint density at radius 1 is 1.14 bits per heavy atom. The molecule has 0 bridgehead atoms. The average Bonchev–Trinajstić information content (AvgIpc) is 3.81. The van der Waals surface area contributed by atoms with E-state index in [0.717, 1.165) is 42.0 Å². The fourth-order valence-corrected chi connectivity index (χ4v) is 6.07. The Hall–Kier alpha value is -5.49. The minimum atomic E-state index is -0.780. The van der Waals surface area contributed by atoms with Crippen LogP contribution in [0.5, 0.6) is 0 Å². The fraction of sp³-hybridized carbons (Fsp3) is 0.316. The highest BCUT2D eigenvalue weighted by atomic mass is 19.1. The Labute approximate surface area is 286 Å². The molecule has 1 aliphatic rings. The lowest BCUT2D eigenvalue weighted by atomic mass is 9.85. The summed E-state index contributed by atoms with van der Waals surface area (Å²) in [4.78, 5) is 22.8. The van der Waals surface area contributed by atoms with Gasteiger partial charge in [0.1, 0.15) is 11.5 Å². The molecule has 250 valence electrons. The minimum Gasteiger partial charge on any atom is -0.350 e. The van der Waals surface area contributed by atoms with E-state index in [0.29, 0.717) is 40.7 Å². The highest BCUT2D eigenvalue weighted by Crippen LogP contribution is 2.29. The summed E-state index contributed by atoms with van der Waals surface area (Å²) in [6.45, 7) is 8.05. The van der Waals surface area contributed by atoms with Gasteiger partial charge in [0.25, 0.3) is 5.91 Å². The number of nitrogens with zero attached hydrogens (tertiary/aromatic N) is 7. The Bertz CT molecular complexity index is 2140. The van der Waals surface area contributed by atoms with E-state index in [4.69, 9.17) is 0 Å². The van der Waals surface area contributed by atoms with Crippen molar-refractivity contribution in [1.29, 1.82) is 5.26 Å². The molecule has 2 aromatic carbocycles. The summed E-state index contributed by atoms with van der Waals surface area (Å²) < 4.78 is 18.9. The van der Waals surface area contributed by atoms with Gasteiger partial charge in [-0.15, -0.1) is 0 Å². The largest absolute Gasteiger partial charge is 0.350 e. The first-order valence-electron chi connectivity index (χ1n) is 16.2. The molecule has 5 aromatic rings.